The number of H-pyrrole nitrogens is 1. The molecule has 5 rings (SSSR count). The van der Waals surface area contributed by atoms with Crippen LogP contribution in [-0.2, 0) is 0 Å². The topological polar surface area (TPSA) is 102 Å². The quantitative estimate of drug-likeness (QED) is 0.0721. The number of nitrogens with one attached hydrogen (secondary N) is 2. The van der Waals surface area contributed by atoms with Gasteiger partial charge in [-0.25, -0.2) is 10.2 Å². The van der Waals surface area contributed by atoms with Crippen LogP contribution >= 0.6 is 47.8 Å². The molecule has 1 heterocycles. The van der Waals surface area contributed by atoms with Crippen LogP contribution in [0.1, 0.15) is 26.4 Å². The normalized spacial score (nSPS) is 11.1. The number of hydrogen-bond acceptors (Lipinski definition) is 6. The van der Waals surface area contributed by atoms with E-state index in [1.54, 1.807) is 62.8 Å². The zero-order chi connectivity index (χ0) is 29.8. The first-order valence-corrected chi connectivity index (χ1v) is 14.8. The van der Waals surface area contributed by atoms with Crippen molar-refractivity contribution in [2.24, 2.45) is 5.10 Å². The van der Waals surface area contributed by atoms with E-state index in [0.29, 0.717) is 48.0 Å². The van der Waals surface area contributed by atoms with Crippen LogP contribution in [0.4, 0.5) is 0 Å². The summed E-state index contributed by atoms with van der Waals surface area (Å²) in [5.74, 6) is 0.348. The SMILES string of the molecule is COc1ccc(OC)c2c(-c3ccccc3)c(C(=O)NN=Cc3cc(Br)cc(Br)c3OC(=O)c3ccc(Br)cc3)[nH]c12. The third-order valence-corrected chi connectivity index (χ3v) is 7.87. The Morgan fingerprint density at radius 2 is 1.55 bits per heavy atom. The summed E-state index contributed by atoms with van der Waals surface area (Å²) >= 11 is 10.3. The van der Waals surface area contributed by atoms with Gasteiger partial charge < -0.3 is 19.2 Å². The molecule has 0 radical (unpaired) electrons. The molecular formula is C31H22Br3N3O5. The summed E-state index contributed by atoms with van der Waals surface area (Å²) in [7, 11) is 3.13. The second-order valence-electron chi connectivity index (χ2n) is 8.86. The third-order valence-electron chi connectivity index (χ3n) is 6.29. The number of carbonyl (C=O) groups is 2. The van der Waals surface area contributed by atoms with Gasteiger partial charge in [-0.3, -0.25) is 4.79 Å². The molecule has 0 saturated carbocycles. The van der Waals surface area contributed by atoms with Crippen molar-refractivity contribution in [3.05, 3.63) is 109 Å². The lowest BCUT2D eigenvalue weighted by molar-refractivity contribution is 0.0732. The van der Waals surface area contributed by atoms with Gasteiger partial charge in [0.1, 0.15) is 17.2 Å². The van der Waals surface area contributed by atoms with Gasteiger partial charge >= 0.3 is 5.97 Å². The maximum atomic E-state index is 13.6. The van der Waals surface area contributed by atoms with Crippen molar-refractivity contribution in [3.8, 4) is 28.4 Å². The number of esters is 1. The minimum absolute atomic E-state index is 0.245. The fraction of sp³-hybridized carbons (Fsp3) is 0.0645. The molecule has 0 aliphatic heterocycles. The fourth-order valence-corrected chi connectivity index (χ4v) is 5.99. The molecule has 2 N–H and O–H groups in total. The highest BCUT2D eigenvalue weighted by molar-refractivity contribution is 9.11. The molecule has 0 atom stereocenters. The Labute approximate surface area is 266 Å². The number of nitrogens with zero attached hydrogens (tertiary/aromatic N) is 1. The number of ether oxygens (including phenoxy) is 3. The van der Waals surface area contributed by atoms with Crippen molar-refractivity contribution in [2.45, 2.75) is 0 Å². The first kappa shape index (κ1) is 29.6. The number of hydrogen-bond donors (Lipinski definition) is 2. The van der Waals surface area contributed by atoms with Crippen LogP contribution in [0.5, 0.6) is 17.2 Å². The second kappa shape index (κ2) is 12.9. The summed E-state index contributed by atoms with van der Waals surface area (Å²) in [5, 5.41) is 4.90. The van der Waals surface area contributed by atoms with Gasteiger partial charge in [0.25, 0.3) is 5.91 Å². The van der Waals surface area contributed by atoms with Gasteiger partial charge in [-0.2, -0.15) is 5.10 Å². The van der Waals surface area contributed by atoms with Crippen LogP contribution < -0.4 is 19.6 Å². The number of benzene rings is 4. The number of carbonyl (C=O) groups excluding carboxylic acids is 2. The lowest BCUT2D eigenvalue weighted by atomic mass is 10.0. The van der Waals surface area contributed by atoms with Crippen molar-refractivity contribution in [3.63, 3.8) is 0 Å². The number of hydrazone groups is 1. The molecule has 42 heavy (non-hydrogen) atoms. The van der Waals surface area contributed by atoms with Crippen LogP contribution in [0, 0.1) is 0 Å². The van der Waals surface area contributed by atoms with E-state index in [0.717, 1.165) is 10.0 Å². The van der Waals surface area contributed by atoms with Crippen molar-refractivity contribution in [2.75, 3.05) is 14.2 Å². The highest BCUT2D eigenvalue weighted by Crippen LogP contribution is 2.42. The Bertz CT molecular complexity index is 1820. The van der Waals surface area contributed by atoms with Crippen molar-refractivity contribution < 1.29 is 23.8 Å². The predicted molar refractivity (Wildman–Crippen MR) is 173 cm³/mol. The fourth-order valence-electron chi connectivity index (χ4n) is 4.39. The molecule has 1 amide bonds. The molecule has 1 aromatic heterocycles. The monoisotopic (exact) mass is 753 g/mol. The van der Waals surface area contributed by atoms with E-state index in [2.05, 4.69) is 63.3 Å². The van der Waals surface area contributed by atoms with Crippen LogP contribution in [0.3, 0.4) is 0 Å². The minimum atomic E-state index is -0.544. The van der Waals surface area contributed by atoms with Gasteiger partial charge in [-0.15, -0.1) is 0 Å². The van der Waals surface area contributed by atoms with Crippen molar-refractivity contribution in [1.82, 2.24) is 10.4 Å². The Hall–Kier alpha value is -3.93. The van der Waals surface area contributed by atoms with E-state index in [1.165, 1.54) is 6.21 Å². The zero-order valence-electron chi connectivity index (χ0n) is 22.2. The molecule has 8 nitrogen and oxygen atoms in total. The molecule has 11 heteroatoms. The number of fused-ring (bicyclic) bond motifs is 1. The summed E-state index contributed by atoms with van der Waals surface area (Å²) in [5.41, 5.74) is 5.75. The summed E-state index contributed by atoms with van der Waals surface area (Å²) < 4.78 is 19.0. The van der Waals surface area contributed by atoms with E-state index in [9.17, 15) is 9.59 Å². The Kier molecular flexibility index (Phi) is 9.10. The molecule has 5 aromatic rings. The van der Waals surface area contributed by atoms with Crippen molar-refractivity contribution >= 4 is 76.8 Å². The van der Waals surface area contributed by atoms with Gasteiger partial charge in [0.15, 0.2) is 5.75 Å². The molecule has 0 unspecified atom stereocenters. The Balaban J connectivity index is 1.49. The van der Waals surface area contributed by atoms with Gasteiger partial charge in [0, 0.05) is 20.1 Å². The van der Waals surface area contributed by atoms with Gasteiger partial charge in [-0.1, -0.05) is 62.2 Å². The smallest absolute Gasteiger partial charge is 0.343 e. The number of aromatic nitrogens is 1. The van der Waals surface area contributed by atoms with Crippen LogP contribution in [0.25, 0.3) is 22.0 Å². The number of methoxy groups -OCH3 is 2. The highest BCUT2D eigenvalue weighted by atomic mass is 79.9. The molecule has 0 saturated heterocycles. The lowest BCUT2D eigenvalue weighted by Crippen LogP contribution is -2.19. The summed E-state index contributed by atoms with van der Waals surface area (Å²) in [4.78, 5) is 29.6. The second-order valence-corrected chi connectivity index (χ2v) is 11.5. The minimum Gasteiger partial charge on any atom is -0.496 e. The zero-order valence-corrected chi connectivity index (χ0v) is 27.0. The third kappa shape index (κ3) is 6.13. The molecule has 4 aromatic carbocycles. The lowest BCUT2D eigenvalue weighted by Gasteiger charge is -2.11. The molecule has 0 fully saturated rings. The van der Waals surface area contributed by atoms with E-state index >= 15 is 0 Å². The summed E-state index contributed by atoms with van der Waals surface area (Å²) in [6.07, 6.45) is 1.41. The Morgan fingerprint density at radius 1 is 0.857 bits per heavy atom. The van der Waals surface area contributed by atoms with Crippen LogP contribution in [0.15, 0.2) is 97.4 Å². The molecule has 212 valence electrons. The number of halogens is 3. The number of aromatic amines is 1. The highest BCUT2D eigenvalue weighted by Gasteiger charge is 2.24. The van der Waals surface area contributed by atoms with Gasteiger partial charge in [0.05, 0.1) is 41.4 Å². The van der Waals surface area contributed by atoms with E-state index in [4.69, 9.17) is 14.2 Å². The van der Waals surface area contributed by atoms with E-state index in [1.807, 2.05) is 30.3 Å². The average molecular weight is 756 g/mol. The summed E-state index contributed by atoms with van der Waals surface area (Å²) in [6.45, 7) is 0. The maximum Gasteiger partial charge on any atom is 0.343 e. The number of rotatable bonds is 8. The molecule has 0 aliphatic carbocycles. The summed E-state index contributed by atoms with van der Waals surface area (Å²) in [6, 6.07) is 23.4. The molecule has 0 aliphatic rings. The predicted octanol–water partition coefficient (Wildman–Crippen LogP) is 8.12. The van der Waals surface area contributed by atoms with E-state index in [-0.39, 0.29) is 11.4 Å². The standard InChI is InChI=1S/C31H22Br3N3O5/c1-40-23-12-13-24(41-2)27-26(23)25(17-6-4-3-5-7-17)28(36-27)30(38)37-35-16-19-14-21(33)15-22(34)29(19)42-31(39)18-8-10-20(32)11-9-18/h3-16,36H,1-2H3,(H,37,38). The average Bonchev–Trinajstić information content (AvgIpc) is 3.40. The first-order chi connectivity index (χ1) is 20.3. The van der Waals surface area contributed by atoms with Crippen molar-refractivity contribution in [1.29, 1.82) is 0 Å². The Morgan fingerprint density at radius 3 is 2.24 bits per heavy atom. The van der Waals surface area contributed by atoms with Gasteiger partial charge in [-0.05, 0) is 70.0 Å². The first-order valence-electron chi connectivity index (χ1n) is 12.4. The van der Waals surface area contributed by atoms with E-state index < -0.39 is 11.9 Å². The number of amides is 1. The van der Waals surface area contributed by atoms with Gasteiger partial charge in [0.2, 0.25) is 0 Å². The van der Waals surface area contributed by atoms with Crippen LogP contribution in [0.2, 0.25) is 0 Å². The maximum absolute atomic E-state index is 13.6. The molecule has 0 bridgehead atoms. The van der Waals surface area contributed by atoms with Crippen LogP contribution in [-0.4, -0.2) is 37.3 Å². The largest absolute Gasteiger partial charge is 0.496 e. The molecule has 0 spiro atoms. The molecular weight excluding hydrogens is 734 g/mol.